The molecule has 3 N–H and O–H groups in total. The van der Waals surface area contributed by atoms with Crippen molar-refractivity contribution in [2.75, 3.05) is 16.0 Å². The van der Waals surface area contributed by atoms with Gasteiger partial charge in [0.1, 0.15) is 5.82 Å². The fourth-order valence-electron chi connectivity index (χ4n) is 11.1. The van der Waals surface area contributed by atoms with Crippen molar-refractivity contribution in [3.05, 3.63) is 351 Å². The minimum atomic E-state index is -0.499. The maximum absolute atomic E-state index is 15.3. The summed E-state index contributed by atoms with van der Waals surface area (Å²) in [6.45, 7) is 0. The first-order chi connectivity index (χ1) is 53.2. The molecule has 0 saturated carbocycles. The van der Waals surface area contributed by atoms with Crippen LogP contribution in [0.3, 0.4) is 0 Å². The van der Waals surface area contributed by atoms with E-state index in [-0.39, 0.29) is 121 Å². The van der Waals surface area contributed by atoms with Crippen LogP contribution in [0.5, 0.6) is 0 Å². The number of hydrogen-bond donors (Lipinski definition) is 3. The molecule has 426 valence electrons. The average Bonchev–Trinajstić information content (AvgIpc) is 0.746. The van der Waals surface area contributed by atoms with Gasteiger partial charge in [-0.05, 0) is 177 Å². The van der Waals surface area contributed by atoms with E-state index in [0.29, 0.717) is 33.5 Å². The molecule has 0 amide bonds. The van der Waals surface area contributed by atoms with Crippen LogP contribution in [0.4, 0.5) is 38.5 Å². The molecule has 0 aliphatic rings. The van der Waals surface area contributed by atoms with Gasteiger partial charge in [-0.25, -0.2) is 4.39 Å². The first-order valence-corrected chi connectivity index (χ1v) is 28.9. The van der Waals surface area contributed by atoms with Crippen LogP contribution in [0.15, 0.2) is 345 Å². The van der Waals surface area contributed by atoms with E-state index in [9.17, 15) is 0 Å². The molecule has 90 heavy (non-hydrogen) atoms. The van der Waals surface area contributed by atoms with E-state index in [0.717, 1.165) is 71.6 Å². The summed E-state index contributed by atoms with van der Waals surface area (Å²) in [6, 6.07) is 60.7. The van der Waals surface area contributed by atoms with Crippen molar-refractivity contribution < 1.29 is 33.2 Å². The second-order valence-electron chi connectivity index (χ2n) is 21.1. The van der Waals surface area contributed by atoms with E-state index in [2.05, 4.69) is 28.1 Å². The van der Waals surface area contributed by atoms with Crippen LogP contribution < -0.4 is 16.0 Å². The maximum atomic E-state index is 15.3. The van der Waals surface area contributed by atoms with Gasteiger partial charge < -0.3 is 16.0 Å². The van der Waals surface area contributed by atoms with Gasteiger partial charge in [0.05, 0.1) is 28.8 Å². The Morgan fingerprint density at radius 1 is 0.244 bits per heavy atom. The number of halogens is 1. The number of anilines is 6. The highest BCUT2D eigenvalue weighted by Crippen LogP contribution is 2.41. The van der Waals surface area contributed by atoms with E-state index in [1.807, 2.05) is 152 Å². The first-order valence-electron chi connectivity index (χ1n) is 39.4. The van der Waals surface area contributed by atoms with Crippen molar-refractivity contribution in [1.29, 1.82) is 0 Å². The van der Waals surface area contributed by atoms with Gasteiger partial charge in [-0.15, -0.1) is 0 Å². The monoisotopic (exact) mass is 1170 g/mol. The van der Waals surface area contributed by atoms with Crippen LogP contribution in [-0.4, -0.2) is 0 Å². The van der Waals surface area contributed by atoms with Gasteiger partial charge in [0.15, 0.2) is 0 Å². The van der Waals surface area contributed by atoms with Crippen LogP contribution in [0, 0.1) is 5.82 Å². The number of para-hydroxylation sites is 1. The van der Waals surface area contributed by atoms with Crippen LogP contribution in [-0.2, 0) is 0 Å². The summed E-state index contributed by atoms with van der Waals surface area (Å²) in [5.74, 6) is -0.337. The molecule has 0 radical (unpaired) electrons. The quantitative estimate of drug-likeness (QED) is 0.119. The SMILES string of the molecule is [2H]c1c([2H])c([2H])c2c([2H])c(-c3ccc(Nc4cc(F)c5ccc6cccc7ccc4c5c67)cc3)c([2H])c([2H])c2c1[2H].[2H]c1c([2H])c([2H])c2c([2H])c(-c3ccc(Nc4ccc(-c5ccccc5)cc4)cc3)c([2H])c([2H])c2c1[2H].[2H]c1c([2H])c([2H])c2c([2H])c(-c3ccc(Nc4ccccc4)c4ccccc34)c([2H])c([2H])c2c1[2H]. The molecular weight excluding hydrogens is 1090 g/mol. The van der Waals surface area contributed by atoms with Gasteiger partial charge in [-0.3, -0.25) is 0 Å². The number of nitrogens with one attached hydrogen (secondary N) is 3. The van der Waals surface area contributed by atoms with Gasteiger partial charge >= 0.3 is 0 Å². The minimum Gasteiger partial charge on any atom is -0.356 e. The molecule has 3 nitrogen and oxygen atoms in total. The first kappa shape index (κ1) is 36.3. The van der Waals surface area contributed by atoms with Crippen molar-refractivity contribution in [1.82, 2.24) is 0 Å². The molecule has 17 aromatic rings. The summed E-state index contributed by atoms with van der Waals surface area (Å²) in [7, 11) is 0. The Hall–Kier alpha value is -11.9. The summed E-state index contributed by atoms with van der Waals surface area (Å²) >= 11 is 0. The lowest BCUT2D eigenvalue weighted by atomic mass is 9.93. The fraction of sp³-hybridized carbons (Fsp3) is 0. The lowest BCUT2D eigenvalue weighted by Crippen LogP contribution is -1.95. The zero-order valence-corrected chi connectivity index (χ0v) is 47.7. The largest absolute Gasteiger partial charge is 0.356 e. The van der Waals surface area contributed by atoms with Crippen molar-refractivity contribution in [3.8, 4) is 44.5 Å². The standard InChI is InChI=1S/C32H20FN.C28H21N.C26H19N/c33-29-19-30(28-17-13-23-7-3-6-22-12-16-27(29)32(28)31(22)23)34-26-14-10-21(11-15-26)25-9-8-20-4-1-2-5-24(20)18-25;1-2-6-21(7-3-1)23-12-16-27(17-13-23)29-28-18-14-24(15-19-28)26-11-10-22-8-4-5-9-25(22)20-26;1-2-10-22(11-3-1)27-26-17-16-23(24-12-6-7-13-25(24)26)21-15-14-19-8-4-5-9-20(19)18-21/h1-19,34H;1-20,29H;1-18,27H/i1D,2D,4D,5D,8D,9D,18D;4D,5D,8D,9D,10D,11D,20D;4D,5D,8D,9D,14D,15D,18D. The molecule has 0 bridgehead atoms. The van der Waals surface area contributed by atoms with Crippen molar-refractivity contribution in [3.63, 3.8) is 0 Å². The van der Waals surface area contributed by atoms with Crippen LogP contribution in [0.1, 0.15) is 28.8 Å². The van der Waals surface area contributed by atoms with Gasteiger partial charge in [0.2, 0.25) is 0 Å². The van der Waals surface area contributed by atoms with E-state index in [4.69, 9.17) is 28.8 Å². The van der Waals surface area contributed by atoms with Crippen LogP contribution >= 0.6 is 0 Å². The molecule has 0 saturated heterocycles. The van der Waals surface area contributed by atoms with Gasteiger partial charge in [-0.1, -0.05) is 266 Å². The summed E-state index contributed by atoms with van der Waals surface area (Å²) in [4.78, 5) is 0. The van der Waals surface area contributed by atoms with E-state index in [1.165, 1.54) is 6.07 Å². The second kappa shape index (κ2) is 24.5. The average molecular weight is 1180 g/mol. The highest BCUT2D eigenvalue weighted by Gasteiger charge is 2.16. The third-order valence-electron chi connectivity index (χ3n) is 15.5. The summed E-state index contributed by atoms with van der Waals surface area (Å²) < 4.78 is 190. The summed E-state index contributed by atoms with van der Waals surface area (Å²) in [6.07, 6.45) is 0. The predicted molar refractivity (Wildman–Crippen MR) is 384 cm³/mol. The van der Waals surface area contributed by atoms with Crippen molar-refractivity contribution >= 4 is 110 Å². The van der Waals surface area contributed by atoms with Gasteiger partial charge in [-0.2, -0.15) is 0 Å². The van der Waals surface area contributed by atoms with E-state index in [1.54, 1.807) is 48.5 Å². The van der Waals surface area contributed by atoms with Crippen LogP contribution in [0.2, 0.25) is 0 Å². The predicted octanol–water partition coefficient (Wildman–Crippen LogP) is 24.6. The molecule has 4 heteroatoms. The molecule has 0 fully saturated rings. The summed E-state index contributed by atoms with van der Waals surface area (Å²) in [5, 5.41) is 16.5. The molecule has 0 aliphatic carbocycles. The molecule has 0 spiro atoms. The van der Waals surface area contributed by atoms with E-state index >= 15 is 4.39 Å². The smallest absolute Gasteiger partial charge is 0.133 e. The van der Waals surface area contributed by atoms with Crippen LogP contribution in [0.25, 0.3) is 120 Å². The van der Waals surface area contributed by atoms with Crippen molar-refractivity contribution in [2.24, 2.45) is 0 Å². The Morgan fingerprint density at radius 3 is 1.22 bits per heavy atom. The molecular formula is C86H60FN3. The Labute approximate surface area is 552 Å². The molecule has 0 unspecified atom stereocenters. The minimum absolute atomic E-state index is 0.0438. The number of hydrogen-bond acceptors (Lipinski definition) is 3. The Morgan fingerprint density at radius 2 is 0.667 bits per heavy atom. The Kier molecular flexibility index (Phi) is 9.89. The zero-order chi connectivity index (χ0) is 78.4. The number of benzene rings is 17. The molecule has 0 aromatic heterocycles. The lowest BCUT2D eigenvalue weighted by molar-refractivity contribution is 0.641. The Bertz CT molecular complexity index is 6660. The van der Waals surface area contributed by atoms with Gasteiger partial charge in [0.25, 0.3) is 0 Å². The fourth-order valence-corrected chi connectivity index (χ4v) is 11.1. The molecule has 0 atom stereocenters. The molecule has 0 aliphatic heterocycles. The highest BCUT2D eigenvalue weighted by molar-refractivity contribution is 6.25. The zero-order valence-electron chi connectivity index (χ0n) is 68.7. The summed E-state index contributed by atoms with van der Waals surface area (Å²) in [5.41, 5.74) is 8.94. The highest BCUT2D eigenvalue weighted by atomic mass is 19.1. The Balaban J connectivity index is 0.000000133. The number of fused-ring (bicyclic) bond motifs is 4. The molecule has 0 heterocycles. The molecule has 17 rings (SSSR count). The maximum Gasteiger partial charge on any atom is 0.133 e. The molecule has 17 aromatic carbocycles. The third kappa shape index (κ3) is 11.4. The van der Waals surface area contributed by atoms with E-state index < -0.39 is 60.4 Å². The second-order valence-corrected chi connectivity index (χ2v) is 21.1. The van der Waals surface area contributed by atoms with Gasteiger partial charge in [0, 0.05) is 55.7 Å². The lowest BCUT2D eigenvalue weighted by Gasteiger charge is -2.16. The normalized spacial score (nSPS) is 14.4. The van der Waals surface area contributed by atoms with Crippen molar-refractivity contribution in [2.45, 2.75) is 0 Å². The topological polar surface area (TPSA) is 36.1 Å². The third-order valence-corrected chi connectivity index (χ3v) is 15.5. The number of rotatable bonds is 10.